The van der Waals surface area contributed by atoms with Crippen LogP contribution >= 0.6 is 702 Å². The second-order valence-electron chi connectivity index (χ2n) is 14.0. The van der Waals surface area contributed by atoms with Crippen molar-refractivity contribution in [3.63, 3.8) is 0 Å². The number of hydrogen-bond donors (Lipinski definition) is 0. The third-order valence-electron chi connectivity index (χ3n) is 7.77. The summed E-state index contributed by atoms with van der Waals surface area (Å²) in [5.41, 5.74) is 0. The molecule has 0 nitrogen and oxygen atoms in total. The molecule has 0 aromatic carbocycles. The van der Waals surface area contributed by atoms with Crippen molar-refractivity contribution in [2.75, 3.05) is 0 Å². The lowest BCUT2D eigenvalue weighted by molar-refractivity contribution is 4.30. The summed E-state index contributed by atoms with van der Waals surface area (Å²) in [4.78, 5) is 0. The van der Waals surface area contributed by atoms with E-state index in [9.17, 15) is 0 Å². The maximum atomic E-state index is 4.74. The molecule has 0 spiro atoms. The molecule has 0 saturated heterocycles. The topological polar surface area (TPSA) is 0 Å². The van der Waals surface area contributed by atoms with E-state index in [0.29, 0.717) is 0 Å². The highest BCUT2D eigenvalue weighted by Gasteiger charge is 2.66. The first-order chi connectivity index (χ1) is 40.0. The molecule has 528 valence electrons. The number of hydrogen-bond acceptors (Lipinski definition) is 0. The minimum absolute atomic E-state index is 0.359. The zero-order valence-corrected chi connectivity index (χ0v) is 135. The minimum atomic E-state index is -0.579. The monoisotopic (exact) mass is 2810 g/mol. The molecule has 0 saturated carbocycles. The zero-order valence-electron chi connectivity index (χ0n) is 45.1. The lowest BCUT2D eigenvalue weighted by atomic mass is 28.4. The Balaban J connectivity index is 13.5. The van der Waals surface area contributed by atoms with Crippen molar-refractivity contribution >= 4 is 702 Å². The molecule has 0 rings (SSSR count). The van der Waals surface area contributed by atoms with Crippen LogP contribution in [0.4, 0.5) is 0 Å². The van der Waals surface area contributed by atoms with E-state index >= 15 is 0 Å². The summed E-state index contributed by atoms with van der Waals surface area (Å²) in [5.74, 6) is 0. The predicted molar refractivity (Wildman–Crippen MR) is 732 cm³/mol. The molecule has 88 heavy (non-hydrogen) atoms. The van der Waals surface area contributed by atoms with Gasteiger partial charge in [-0.05, 0) is 300 Å². The van der Waals surface area contributed by atoms with Crippen LogP contribution in [0, 0.1) is 0 Å². The Kier molecular flexibility index (Phi) is 98.4. The molecular formula is H88P88. The van der Waals surface area contributed by atoms with Crippen molar-refractivity contribution in [2.45, 2.75) is 0 Å². The normalized spacial score (nSPS) is 15.6. The summed E-state index contributed by atoms with van der Waals surface area (Å²) in [6.45, 7) is -17.8. The summed E-state index contributed by atoms with van der Waals surface area (Å²) in [5, 5.41) is 0. The van der Waals surface area contributed by atoms with Gasteiger partial charge < -0.3 is 0 Å². The van der Waals surface area contributed by atoms with Crippen LogP contribution in [0.5, 0.6) is 0 Å². The molecule has 0 amide bonds. The first-order valence-electron chi connectivity index (χ1n) is 19.9. The summed E-state index contributed by atoms with van der Waals surface area (Å²) in [6, 6.07) is 0. The van der Waals surface area contributed by atoms with Crippen molar-refractivity contribution in [2.24, 2.45) is 0 Å². The Bertz CT molecular complexity index is 1400. The molecule has 0 aliphatic heterocycles. The smallest absolute Gasteiger partial charge is 0.00000220 e. The second-order valence-corrected chi connectivity index (χ2v) is 377. The summed E-state index contributed by atoms with van der Waals surface area (Å²) >= 11 is 0. The molecule has 0 bridgehead atoms. The summed E-state index contributed by atoms with van der Waals surface area (Å²) in [7, 11) is 170. The van der Waals surface area contributed by atoms with Crippen LogP contribution in [0.15, 0.2) is 0 Å². The fourth-order valence-electron chi connectivity index (χ4n) is 5.33. The van der Waals surface area contributed by atoms with Gasteiger partial charge in [0.1, 0.15) is 0 Å². The summed E-state index contributed by atoms with van der Waals surface area (Å²) in [6.07, 6.45) is 0. The van der Waals surface area contributed by atoms with E-state index in [1.807, 2.05) is 0 Å². The molecule has 0 aliphatic carbocycles. The van der Waals surface area contributed by atoms with E-state index in [1.54, 1.807) is 0 Å². The molecule has 0 aromatic heterocycles. The van der Waals surface area contributed by atoms with Gasteiger partial charge in [-0.25, -0.2) is 0 Å². The van der Waals surface area contributed by atoms with Crippen LogP contribution in [0.2, 0.25) is 0 Å². The molecular weight excluding hydrogens is 2730 g/mol. The van der Waals surface area contributed by atoms with E-state index in [0.717, 1.165) is 0 Å². The average molecular weight is 2810 g/mol. The average Bonchev–Trinajstić information content (AvgIpc) is 3.29. The van der Waals surface area contributed by atoms with Gasteiger partial charge in [0.2, 0.25) is 0 Å². The van der Waals surface area contributed by atoms with Crippen LogP contribution in [-0.2, 0) is 0 Å². The third kappa shape index (κ3) is 44.1. The van der Waals surface area contributed by atoms with Crippen LogP contribution in [0.1, 0.15) is 0 Å². The molecule has 88 heteroatoms. The van der Waals surface area contributed by atoms with Crippen molar-refractivity contribution in [1.29, 1.82) is 0 Å². The van der Waals surface area contributed by atoms with Gasteiger partial charge in [-0.2, -0.15) is 0 Å². The lowest BCUT2D eigenvalue weighted by Gasteiger charge is -2.63. The molecule has 0 aliphatic rings. The standard InChI is InChI=1S/H88P88/c1-46(2)68(45)79(67(43)44)85(80(69(47(3)4)48(5)6)70(49(7)8)50(9)10)88(86(81(71(51(11)12)52(13)14)72(53(15)16)54(17)18)82(73(55(19)20)56(21)22)74(57(23)24)58(25)26)87(83(75(59(27)28)60(29)30)76(61(31)32)62(33)34)84(77(63(35)36)64(37)38)78(65(39)40)66(41)42/h1-2H,3-45H2. The van der Waals surface area contributed by atoms with Gasteiger partial charge in [-0.3, -0.25) is 0 Å². The van der Waals surface area contributed by atoms with Gasteiger partial charge >= 0.3 is 0 Å². The van der Waals surface area contributed by atoms with Gasteiger partial charge in [0.15, 0.2) is 0 Å². The maximum absolute atomic E-state index is 4.74. The first kappa shape index (κ1) is 126. The molecule has 46 unspecified atom stereocenters. The van der Waals surface area contributed by atoms with Crippen molar-refractivity contribution < 1.29 is 0 Å². The van der Waals surface area contributed by atoms with Gasteiger partial charge in [-0.15, -0.1) is 384 Å². The minimum Gasteiger partial charge on any atom is -0.102 e. The quantitative estimate of drug-likeness (QED) is 0.0535. The Morgan fingerprint density at radius 1 is 0.102 bits per heavy atom. The Labute approximate surface area is 691 Å². The molecule has 0 aromatic rings. The van der Waals surface area contributed by atoms with Gasteiger partial charge in [0.25, 0.3) is 0 Å². The second kappa shape index (κ2) is 68.8. The maximum Gasteiger partial charge on any atom is -0.00000220 e. The summed E-state index contributed by atoms with van der Waals surface area (Å²) < 4.78 is 0. The highest BCUT2D eigenvalue weighted by atomic mass is 33.6. The highest BCUT2D eigenvalue weighted by molar-refractivity contribution is 9.59. The molecule has 46 atom stereocenters. The van der Waals surface area contributed by atoms with E-state index < -0.39 is 203 Å². The Morgan fingerprint density at radius 3 is 0.239 bits per heavy atom. The highest BCUT2D eigenvalue weighted by Crippen LogP contribution is 3.53. The molecule has 0 fully saturated rings. The Morgan fingerprint density at radius 2 is 0.170 bits per heavy atom. The van der Waals surface area contributed by atoms with E-state index in [-0.39, 0.29) is 97.8 Å². The Hall–Kier alpha value is 37.8. The third-order valence-corrected chi connectivity index (χ3v) is 629. The van der Waals surface area contributed by atoms with Crippen molar-refractivity contribution in [3.8, 4) is 0 Å². The fraction of sp³-hybridized carbons (Fsp3) is 0. The van der Waals surface area contributed by atoms with Gasteiger partial charge in [0.05, 0.1) is 0 Å². The van der Waals surface area contributed by atoms with Crippen LogP contribution in [-0.4, -0.2) is 0 Å². The van der Waals surface area contributed by atoms with Gasteiger partial charge in [-0.1, -0.05) is 17.9 Å². The van der Waals surface area contributed by atoms with Crippen molar-refractivity contribution in [1.82, 2.24) is 0 Å². The van der Waals surface area contributed by atoms with E-state index in [4.69, 9.17) is 17.9 Å². The van der Waals surface area contributed by atoms with E-state index in [1.165, 1.54) is 0 Å². The van der Waals surface area contributed by atoms with Crippen molar-refractivity contribution in [3.05, 3.63) is 0 Å². The molecule has 2 radical (unpaired) electrons. The first-order valence-corrected chi connectivity index (χ1v) is 180. The van der Waals surface area contributed by atoms with E-state index in [2.05, 4.69) is 384 Å². The van der Waals surface area contributed by atoms with Crippen LogP contribution in [0.3, 0.4) is 0 Å². The van der Waals surface area contributed by atoms with Crippen LogP contribution in [0.25, 0.3) is 0 Å². The number of rotatable bonds is 42. The van der Waals surface area contributed by atoms with Gasteiger partial charge in [0, 0.05) is 0 Å². The lowest BCUT2D eigenvalue weighted by Crippen LogP contribution is -1.76. The largest absolute Gasteiger partial charge is 0.102 e. The fourth-order valence-corrected chi connectivity index (χ4v) is 1300. The SMILES string of the molecule is [PH]P([PH])P(P)P(P(P)P)P(P(P(P(P)P)P(P)P)P(P(P)P)P(P)P)P(P(P(P(P(P)P)P(P)P)P(P(P)P)P(P)P)P(P(P(P)P)P(P)P)P(P(P)P)P(P)P)P(P(P(P(P)P)P(P)P)P(P(P)P)P(P)P)P(P(P(P)P)P(P)P)P(P(P)P)P(P)P. The molecule has 0 N–H and O–H groups in total. The van der Waals surface area contributed by atoms with Crippen LogP contribution < -0.4 is 0 Å². The molecule has 0 heterocycles. The zero-order chi connectivity index (χ0) is 69.8. The predicted octanol–water partition coefficient (Wildman–Crippen LogP) is 52.2.